The molecule has 0 radical (unpaired) electrons. The lowest BCUT2D eigenvalue weighted by Gasteiger charge is -2.08. The summed E-state index contributed by atoms with van der Waals surface area (Å²) in [5.41, 5.74) is -0.137. The molecule has 0 aromatic heterocycles. The van der Waals surface area contributed by atoms with Crippen molar-refractivity contribution >= 4 is 17.6 Å². The Morgan fingerprint density at radius 2 is 2.47 bits per heavy atom. The number of ether oxygens (including phenoxy) is 1. The van der Waals surface area contributed by atoms with Gasteiger partial charge in [-0.15, -0.1) is 0 Å². The summed E-state index contributed by atoms with van der Waals surface area (Å²) in [5.74, 6) is -1.55. The highest BCUT2D eigenvalue weighted by Crippen LogP contribution is 2.10. The van der Waals surface area contributed by atoms with Gasteiger partial charge in [-0.3, -0.25) is 4.79 Å². The quantitative estimate of drug-likeness (QED) is 0.573. The Morgan fingerprint density at radius 3 is 3.00 bits per heavy atom. The highest BCUT2D eigenvalue weighted by molar-refractivity contribution is 6.36. The van der Waals surface area contributed by atoms with Crippen molar-refractivity contribution in [3.05, 3.63) is 0 Å². The van der Waals surface area contributed by atoms with Gasteiger partial charge in [0.05, 0.1) is 6.61 Å². The highest BCUT2D eigenvalue weighted by atomic mass is 16.6. The molecule has 7 nitrogen and oxygen atoms in total. The number of carboxylic acid groups (broad SMARTS) is 1. The van der Waals surface area contributed by atoms with Crippen molar-refractivity contribution in [2.45, 2.75) is 12.5 Å². The standard InChI is InChI=1S/C8H12N2O5/c1-14-3-2-9-7(11)6-4-5(8(12)13)10-15-6/h6H,2-4H2,1H3,(H,9,11)(H,12,13). The highest BCUT2D eigenvalue weighted by Gasteiger charge is 2.31. The van der Waals surface area contributed by atoms with Crippen molar-refractivity contribution in [2.24, 2.45) is 5.16 Å². The van der Waals surface area contributed by atoms with Crippen molar-refractivity contribution in [3.63, 3.8) is 0 Å². The second-order valence-corrected chi connectivity index (χ2v) is 2.93. The molecule has 1 aliphatic rings. The molecule has 0 aromatic carbocycles. The van der Waals surface area contributed by atoms with Crippen molar-refractivity contribution in [1.29, 1.82) is 0 Å². The maximum atomic E-state index is 11.3. The molecule has 1 rings (SSSR count). The zero-order chi connectivity index (χ0) is 11.3. The predicted octanol–water partition coefficient (Wildman–Crippen LogP) is -1.02. The number of methoxy groups -OCH3 is 1. The van der Waals surface area contributed by atoms with Gasteiger partial charge in [0.1, 0.15) is 0 Å². The Hall–Kier alpha value is -1.63. The molecule has 0 saturated carbocycles. The van der Waals surface area contributed by atoms with Gasteiger partial charge < -0.3 is 20.0 Å². The van der Waals surface area contributed by atoms with E-state index in [0.717, 1.165) is 0 Å². The molecule has 0 saturated heterocycles. The van der Waals surface area contributed by atoms with Crippen LogP contribution in [-0.2, 0) is 19.2 Å². The van der Waals surface area contributed by atoms with Gasteiger partial charge >= 0.3 is 5.97 Å². The molecule has 7 heteroatoms. The smallest absolute Gasteiger partial charge is 0.353 e. The van der Waals surface area contributed by atoms with Crippen LogP contribution in [0.25, 0.3) is 0 Å². The summed E-state index contributed by atoms with van der Waals surface area (Å²) in [6.45, 7) is 0.753. The number of nitrogens with zero attached hydrogens (tertiary/aromatic N) is 1. The average Bonchev–Trinajstić information content (AvgIpc) is 2.66. The summed E-state index contributed by atoms with van der Waals surface area (Å²) in [6, 6.07) is 0. The summed E-state index contributed by atoms with van der Waals surface area (Å²) in [6.07, 6.45) is -0.846. The van der Waals surface area contributed by atoms with Crippen LogP contribution in [-0.4, -0.2) is 49.1 Å². The number of amides is 1. The molecule has 1 aliphatic heterocycles. The summed E-state index contributed by atoms with van der Waals surface area (Å²) in [4.78, 5) is 26.5. The van der Waals surface area contributed by atoms with Gasteiger partial charge in [0.2, 0.25) is 6.10 Å². The lowest BCUT2D eigenvalue weighted by molar-refractivity contribution is -0.131. The summed E-state index contributed by atoms with van der Waals surface area (Å²) >= 11 is 0. The van der Waals surface area contributed by atoms with Crippen LogP contribution in [0.3, 0.4) is 0 Å². The van der Waals surface area contributed by atoms with Crippen molar-refractivity contribution in [3.8, 4) is 0 Å². The van der Waals surface area contributed by atoms with Crippen LogP contribution in [0.5, 0.6) is 0 Å². The van der Waals surface area contributed by atoms with Gasteiger partial charge in [-0.1, -0.05) is 5.16 Å². The molecule has 1 unspecified atom stereocenters. The number of rotatable bonds is 5. The number of carbonyl (C=O) groups excluding carboxylic acids is 1. The van der Waals surface area contributed by atoms with Gasteiger partial charge in [-0.25, -0.2) is 4.79 Å². The zero-order valence-electron chi connectivity index (χ0n) is 8.23. The second kappa shape index (κ2) is 5.30. The Labute approximate surface area is 86.0 Å². The Bertz CT molecular complexity index is 289. The molecule has 0 aromatic rings. The number of carbonyl (C=O) groups is 2. The van der Waals surface area contributed by atoms with Crippen LogP contribution >= 0.6 is 0 Å². The number of hydrogen-bond acceptors (Lipinski definition) is 5. The van der Waals surface area contributed by atoms with Crippen LogP contribution in [0, 0.1) is 0 Å². The van der Waals surface area contributed by atoms with Crippen LogP contribution in [0.15, 0.2) is 5.16 Å². The lowest BCUT2D eigenvalue weighted by Crippen LogP contribution is -2.36. The van der Waals surface area contributed by atoms with Crippen LogP contribution in [0.4, 0.5) is 0 Å². The van der Waals surface area contributed by atoms with Gasteiger partial charge in [-0.05, 0) is 0 Å². The van der Waals surface area contributed by atoms with E-state index >= 15 is 0 Å². The van der Waals surface area contributed by atoms with Crippen molar-refractivity contribution < 1.29 is 24.3 Å². The van der Waals surface area contributed by atoms with E-state index in [1.165, 1.54) is 7.11 Å². The number of nitrogens with one attached hydrogen (secondary N) is 1. The predicted molar refractivity (Wildman–Crippen MR) is 49.4 cm³/mol. The first-order chi connectivity index (χ1) is 7.15. The molecule has 0 aliphatic carbocycles. The minimum Gasteiger partial charge on any atom is -0.477 e. The van der Waals surface area contributed by atoms with Gasteiger partial charge in [0, 0.05) is 20.1 Å². The summed E-state index contributed by atoms with van der Waals surface area (Å²) < 4.78 is 4.74. The maximum Gasteiger partial charge on any atom is 0.353 e. The molecule has 1 heterocycles. The fourth-order valence-corrected chi connectivity index (χ4v) is 1.03. The Morgan fingerprint density at radius 1 is 1.73 bits per heavy atom. The first kappa shape index (κ1) is 11.4. The zero-order valence-corrected chi connectivity index (χ0v) is 8.23. The molecule has 0 spiro atoms. The van der Waals surface area contributed by atoms with E-state index in [1.54, 1.807) is 0 Å². The Balaban J connectivity index is 2.30. The van der Waals surface area contributed by atoms with Crippen LogP contribution < -0.4 is 5.32 Å². The maximum absolute atomic E-state index is 11.3. The van der Waals surface area contributed by atoms with E-state index in [9.17, 15) is 9.59 Å². The third-order valence-corrected chi connectivity index (χ3v) is 1.81. The number of carboxylic acids is 1. The number of aliphatic carboxylic acids is 1. The van der Waals surface area contributed by atoms with Gasteiger partial charge in [-0.2, -0.15) is 0 Å². The van der Waals surface area contributed by atoms with Crippen molar-refractivity contribution in [1.82, 2.24) is 5.32 Å². The fourth-order valence-electron chi connectivity index (χ4n) is 1.03. The van der Waals surface area contributed by atoms with E-state index in [2.05, 4.69) is 15.3 Å². The average molecular weight is 216 g/mol. The summed E-state index contributed by atoms with van der Waals surface area (Å²) in [7, 11) is 1.52. The molecule has 0 bridgehead atoms. The second-order valence-electron chi connectivity index (χ2n) is 2.93. The SMILES string of the molecule is COCCNC(=O)C1CC(C(=O)O)=NO1. The van der Waals surface area contributed by atoms with Crippen LogP contribution in [0.1, 0.15) is 6.42 Å². The number of hydrogen-bond donors (Lipinski definition) is 2. The molecule has 84 valence electrons. The minimum atomic E-state index is -1.16. The molecular weight excluding hydrogens is 204 g/mol. The normalized spacial score (nSPS) is 19.3. The van der Waals surface area contributed by atoms with E-state index in [1.807, 2.05) is 0 Å². The monoisotopic (exact) mass is 216 g/mol. The topological polar surface area (TPSA) is 97.2 Å². The molecule has 15 heavy (non-hydrogen) atoms. The largest absolute Gasteiger partial charge is 0.477 e. The van der Waals surface area contributed by atoms with Crippen LogP contribution in [0.2, 0.25) is 0 Å². The molecular formula is C8H12N2O5. The Kier molecular flexibility index (Phi) is 4.04. The molecule has 1 amide bonds. The van der Waals surface area contributed by atoms with E-state index in [4.69, 9.17) is 9.84 Å². The lowest BCUT2D eigenvalue weighted by atomic mass is 10.2. The molecule has 0 fully saturated rings. The van der Waals surface area contributed by atoms with E-state index < -0.39 is 12.1 Å². The number of oxime groups is 1. The third kappa shape index (κ3) is 3.21. The first-order valence-electron chi connectivity index (χ1n) is 4.37. The minimum absolute atomic E-state index is 0.00580. The van der Waals surface area contributed by atoms with E-state index in [0.29, 0.717) is 13.2 Å². The first-order valence-corrected chi connectivity index (χ1v) is 4.37. The van der Waals surface area contributed by atoms with Gasteiger partial charge in [0.25, 0.3) is 5.91 Å². The van der Waals surface area contributed by atoms with Crippen molar-refractivity contribution in [2.75, 3.05) is 20.3 Å². The fraction of sp³-hybridized carbons (Fsp3) is 0.625. The van der Waals surface area contributed by atoms with Gasteiger partial charge in [0.15, 0.2) is 5.71 Å². The molecule has 2 N–H and O–H groups in total. The summed E-state index contributed by atoms with van der Waals surface area (Å²) in [5, 5.41) is 14.4. The van der Waals surface area contributed by atoms with E-state index in [-0.39, 0.29) is 18.0 Å². The third-order valence-electron chi connectivity index (χ3n) is 1.81. The molecule has 1 atom stereocenters.